The van der Waals surface area contributed by atoms with Crippen molar-refractivity contribution in [1.29, 1.82) is 0 Å². The first kappa shape index (κ1) is 14.9. The second-order valence-electron chi connectivity index (χ2n) is 5.24. The first-order valence-electron chi connectivity index (χ1n) is 7.59. The Morgan fingerprint density at radius 1 is 1.09 bits per heavy atom. The molecule has 0 atom stereocenters. The maximum Gasteiger partial charge on any atom is 0.268 e. The van der Waals surface area contributed by atoms with Crippen LogP contribution in [0.4, 0.5) is 0 Å². The molecular formula is C18H19NO2S. The van der Waals surface area contributed by atoms with Crippen LogP contribution in [0.1, 0.15) is 25.3 Å². The van der Waals surface area contributed by atoms with E-state index in [0.29, 0.717) is 6.54 Å². The molecule has 0 aliphatic carbocycles. The van der Waals surface area contributed by atoms with Crippen molar-refractivity contribution in [2.24, 2.45) is 0 Å². The van der Waals surface area contributed by atoms with Gasteiger partial charge in [-0.05, 0) is 24.6 Å². The number of unbranched alkanes of at least 4 members (excludes halogenated alkanes) is 1. The second-order valence-corrected chi connectivity index (χ2v) is 6.30. The number of hydrogen-bond donors (Lipinski definition) is 0. The molecule has 2 aromatic carbocycles. The van der Waals surface area contributed by atoms with Crippen LogP contribution in [0.15, 0.2) is 53.3 Å². The Kier molecular flexibility index (Phi) is 4.59. The molecule has 3 rings (SSSR count). The van der Waals surface area contributed by atoms with Gasteiger partial charge in [0, 0.05) is 5.56 Å². The number of fused-ring (bicyclic) bond motifs is 1. The van der Waals surface area contributed by atoms with Crippen molar-refractivity contribution in [3.8, 4) is 5.75 Å². The van der Waals surface area contributed by atoms with Gasteiger partial charge in [-0.25, -0.2) is 0 Å². The molecule has 22 heavy (non-hydrogen) atoms. The zero-order valence-electron chi connectivity index (χ0n) is 12.6. The van der Waals surface area contributed by atoms with Gasteiger partial charge in [0.25, 0.3) is 5.56 Å². The number of ether oxygens (including phenoxy) is 1. The quantitative estimate of drug-likeness (QED) is 0.636. The lowest BCUT2D eigenvalue weighted by atomic mass is 10.2. The van der Waals surface area contributed by atoms with E-state index >= 15 is 0 Å². The maximum absolute atomic E-state index is 12.4. The zero-order valence-corrected chi connectivity index (χ0v) is 13.4. The third-order valence-corrected chi connectivity index (χ3v) is 4.66. The zero-order chi connectivity index (χ0) is 15.4. The molecule has 0 radical (unpaired) electrons. The Balaban J connectivity index is 1.88. The number of rotatable bonds is 6. The summed E-state index contributed by atoms with van der Waals surface area (Å²) in [6.07, 6.45) is 2.15. The number of nitrogens with zero attached hydrogens (tertiary/aromatic N) is 1. The van der Waals surface area contributed by atoms with Gasteiger partial charge in [-0.3, -0.25) is 8.75 Å². The fourth-order valence-corrected chi connectivity index (χ4v) is 3.39. The summed E-state index contributed by atoms with van der Waals surface area (Å²) in [4.78, 5) is 12.4. The van der Waals surface area contributed by atoms with E-state index in [1.165, 1.54) is 11.5 Å². The molecule has 3 aromatic rings. The summed E-state index contributed by atoms with van der Waals surface area (Å²) in [7, 11) is 0. The number of hydrogen-bond acceptors (Lipinski definition) is 3. The Bertz CT molecular complexity index is 819. The van der Waals surface area contributed by atoms with E-state index in [-0.39, 0.29) is 5.56 Å². The van der Waals surface area contributed by atoms with Crippen LogP contribution < -0.4 is 10.3 Å². The van der Waals surface area contributed by atoms with Crippen LogP contribution in [-0.2, 0) is 6.54 Å². The van der Waals surface area contributed by atoms with Crippen molar-refractivity contribution >= 4 is 21.6 Å². The van der Waals surface area contributed by atoms with E-state index in [2.05, 4.69) is 6.92 Å². The molecule has 114 valence electrons. The third-order valence-electron chi connectivity index (χ3n) is 3.59. The summed E-state index contributed by atoms with van der Waals surface area (Å²) in [6, 6.07) is 15.7. The number of aromatic nitrogens is 1. The summed E-state index contributed by atoms with van der Waals surface area (Å²) in [5, 5.41) is 0.789. The molecule has 1 heterocycles. The van der Waals surface area contributed by atoms with Gasteiger partial charge in [0.1, 0.15) is 5.75 Å². The maximum atomic E-state index is 12.4. The lowest BCUT2D eigenvalue weighted by Gasteiger charge is -2.11. The van der Waals surface area contributed by atoms with Crippen LogP contribution in [0.2, 0.25) is 0 Å². The van der Waals surface area contributed by atoms with Gasteiger partial charge in [-0.2, -0.15) is 0 Å². The lowest BCUT2D eigenvalue weighted by molar-refractivity contribution is 0.306. The van der Waals surface area contributed by atoms with E-state index in [9.17, 15) is 4.79 Å². The minimum atomic E-state index is 0.0731. The predicted molar refractivity (Wildman–Crippen MR) is 92.0 cm³/mol. The lowest BCUT2D eigenvalue weighted by Crippen LogP contribution is -2.14. The summed E-state index contributed by atoms with van der Waals surface area (Å²) in [6.45, 7) is 3.42. The fourth-order valence-electron chi connectivity index (χ4n) is 2.38. The van der Waals surface area contributed by atoms with Crippen molar-refractivity contribution < 1.29 is 4.74 Å². The van der Waals surface area contributed by atoms with E-state index in [0.717, 1.165) is 40.8 Å². The standard InChI is InChI=1S/C18H19NO2S/c1-2-3-12-21-16-10-6-4-8-14(16)13-19-18(20)15-9-5-7-11-17(15)22-19/h4-11H,2-3,12-13H2,1H3. The van der Waals surface area contributed by atoms with Crippen LogP contribution in [0.25, 0.3) is 10.1 Å². The first-order chi connectivity index (χ1) is 10.8. The van der Waals surface area contributed by atoms with Crippen LogP contribution in [-0.4, -0.2) is 10.6 Å². The molecule has 4 heteroatoms. The Morgan fingerprint density at radius 2 is 1.86 bits per heavy atom. The van der Waals surface area contributed by atoms with Crippen molar-refractivity contribution in [1.82, 2.24) is 3.96 Å². The largest absolute Gasteiger partial charge is 0.493 e. The Hall–Kier alpha value is -2.07. The van der Waals surface area contributed by atoms with Crippen molar-refractivity contribution in [2.75, 3.05) is 6.61 Å². The summed E-state index contributed by atoms with van der Waals surface area (Å²) in [5.41, 5.74) is 1.12. The van der Waals surface area contributed by atoms with E-state index in [4.69, 9.17) is 4.74 Å². The van der Waals surface area contributed by atoms with Gasteiger partial charge in [-0.1, -0.05) is 55.2 Å². The Labute approximate surface area is 133 Å². The first-order valence-corrected chi connectivity index (χ1v) is 8.36. The highest BCUT2D eigenvalue weighted by molar-refractivity contribution is 7.13. The van der Waals surface area contributed by atoms with E-state index < -0.39 is 0 Å². The normalized spacial score (nSPS) is 11.0. The van der Waals surface area contributed by atoms with Gasteiger partial charge in [0.15, 0.2) is 0 Å². The molecule has 0 aliphatic rings. The average molecular weight is 313 g/mol. The van der Waals surface area contributed by atoms with Crippen LogP contribution in [0.3, 0.4) is 0 Å². The predicted octanol–water partition coefficient (Wildman–Crippen LogP) is 4.29. The van der Waals surface area contributed by atoms with Gasteiger partial charge in [0.2, 0.25) is 0 Å². The molecule has 0 aliphatic heterocycles. The van der Waals surface area contributed by atoms with Crippen LogP contribution in [0.5, 0.6) is 5.75 Å². The van der Waals surface area contributed by atoms with Gasteiger partial charge in [-0.15, -0.1) is 0 Å². The third kappa shape index (κ3) is 3.07. The van der Waals surface area contributed by atoms with Crippen LogP contribution in [0, 0.1) is 0 Å². The summed E-state index contributed by atoms with van der Waals surface area (Å²) < 4.78 is 8.68. The van der Waals surface area contributed by atoms with E-state index in [1.54, 1.807) is 3.96 Å². The molecular weight excluding hydrogens is 294 g/mol. The molecule has 3 nitrogen and oxygen atoms in total. The van der Waals surface area contributed by atoms with E-state index in [1.807, 2.05) is 48.5 Å². The van der Waals surface area contributed by atoms with Crippen LogP contribution >= 0.6 is 11.5 Å². The molecule has 0 spiro atoms. The second kappa shape index (κ2) is 6.79. The van der Waals surface area contributed by atoms with Gasteiger partial charge < -0.3 is 4.74 Å². The van der Waals surface area contributed by atoms with Gasteiger partial charge in [0.05, 0.1) is 23.2 Å². The molecule has 0 amide bonds. The van der Waals surface area contributed by atoms with Gasteiger partial charge >= 0.3 is 0 Å². The topological polar surface area (TPSA) is 31.2 Å². The van der Waals surface area contributed by atoms with Crippen molar-refractivity contribution in [2.45, 2.75) is 26.3 Å². The fraction of sp³-hybridized carbons (Fsp3) is 0.278. The highest BCUT2D eigenvalue weighted by Crippen LogP contribution is 2.22. The highest BCUT2D eigenvalue weighted by atomic mass is 32.1. The molecule has 1 aromatic heterocycles. The van der Waals surface area contributed by atoms with Crippen molar-refractivity contribution in [3.05, 3.63) is 64.4 Å². The highest BCUT2D eigenvalue weighted by Gasteiger charge is 2.10. The Morgan fingerprint density at radius 3 is 2.68 bits per heavy atom. The molecule has 0 bridgehead atoms. The minimum Gasteiger partial charge on any atom is -0.493 e. The minimum absolute atomic E-state index is 0.0731. The number of para-hydroxylation sites is 1. The number of benzene rings is 2. The molecule has 0 saturated heterocycles. The SMILES string of the molecule is CCCCOc1ccccc1Cn1sc2ccccc2c1=O. The summed E-state index contributed by atoms with van der Waals surface area (Å²) >= 11 is 1.50. The monoisotopic (exact) mass is 313 g/mol. The average Bonchev–Trinajstić information content (AvgIpc) is 2.86. The summed E-state index contributed by atoms with van der Waals surface area (Å²) in [5.74, 6) is 0.875. The smallest absolute Gasteiger partial charge is 0.268 e. The molecule has 0 N–H and O–H groups in total. The molecule has 0 unspecified atom stereocenters. The molecule has 0 fully saturated rings. The van der Waals surface area contributed by atoms with Crippen molar-refractivity contribution in [3.63, 3.8) is 0 Å². The molecule has 0 saturated carbocycles.